The average molecular weight is 510 g/mol. The third-order valence-corrected chi connectivity index (χ3v) is 6.24. The molecule has 1 aromatic heterocycles. The highest BCUT2D eigenvalue weighted by Gasteiger charge is 2.27. The number of nitrogens with zero attached hydrogens (tertiary/aromatic N) is 2. The molecule has 0 atom stereocenters. The van der Waals surface area contributed by atoms with Gasteiger partial charge < -0.3 is 0 Å². The van der Waals surface area contributed by atoms with E-state index in [0.717, 1.165) is 4.68 Å². The lowest BCUT2D eigenvalue weighted by atomic mass is 10.1. The van der Waals surface area contributed by atoms with Crippen LogP contribution in [0, 0.1) is 42.9 Å². The zero-order chi connectivity index (χ0) is 22.4. The summed E-state index contributed by atoms with van der Waals surface area (Å²) < 4.78 is 97.2. The topological polar surface area (TPSA) is 64.0 Å². The van der Waals surface area contributed by atoms with Gasteiger partial charge in [-0.05, 0) is 38.1 Å². The number of halogens is 6. The second-order valence-corrected chi connectivity index (χ2v) is 8.91. The fraction of sp³-hybridized carbons (Fsp3) is 0.167. The van der Waals surface area contributed by atoms with Gasteiger partial charge in [0.2, 0.25) is 5.82 Å². The third-order valence-electron chi connectivity index (χ3n) is 4.35. The average Bonchev–Trinajstić information content (AvgIpc) is 2.95. The van der Waals surface area contributed by atoms with E-state index in [9.17, 15) is 30.4 Å². The van der Waals surface area contributed by atoms with Gasteiger partial charge in [-0.15, -0.1) is 0 Å². The Labute approximate surface area is 176 Å². The van der Waals surface area contributed by atoms with E-state index in [1.165, 1.54) is 38.1 Å². The van der Waals surface area contributed by atoms with Crippen LogP contribution in [-0.4, -0.2) is 18.2 Å². The van der Waals surface area contributed by atoms with Crippen molar-refractivity contribution < 1.29 is 30.4 Å². The first-order valence-electron chi connectivity index (χ1n) is 8.26. The Balaban J connectivity index is 1.99. The summed E-state index contributed by atoms with van der Waals surface area (Å²) in [4.78, 5) is -0.0444. The number of benzene rings is 2. The van der Waals surface area contributed by atoms with E-state index in [0.29, 0.717) is 4.47 Å². The maximum atomic E-state index is 14.0. The van der Waals surface area contributed by atoms with Gasteiger partial charge in [-0.1, -0.05) is 15.9 Å². The fourth-order valence-corrected chi connectivity index (χ4v) is 4.19. The van der Waals surface area contributed by atoms with Crippen molar-refractivity contribution in [3.63, 3.8) is 0 Å². The highest BCUT2D eigenvalue weighted by Crippen LogP contribution is 2.27. The summed E-state index contributed by atoms with van der Waals surface area (Å²) >= 11 is 3.20. The summed E-state index contributed by atoms with van der Waals surface area (Å²) in [5, 5.41) is 3.97. The third kappa shape index (κ3) is 3.93. The molecule has 0 radical (unpaired) electrons. The molecule has 0 aliphatic carbocycles. The van der Waals surface area contributed by atoms with Crippen LogP contribution in [0.2, 0.25) is 0 Å². The van der Waals surface area contributed by atoms with E-state index >= 15 is 0 Å². The lowest BCUT2D eigenvalue weighted by Gasteiger charge is -2.11. The first-order chi connectivity index (χ1) is 13.9. The molecular weight excluding hydrogens is 497 g/mol. The maximum Gasteiger partial charge on any atom is 0.262 e. The van der Waals surface area contributed by atoms with Crippen LogP contribution >= 0.6 is 15.9 Å². The normalized spacial score (nSPS) is 11.7. The number of aromatic nitrogens is 2. The first kappa shape index (κ1) is 22.2. The van der Waals surface area contributed by atoms with Crippen molar-refractivity contribution in [3.8, 4) is 0 Å². The smallest absolute Gasteiger partial charge is 0.262 e. The number of nitrogens with one attached hydrogen (secondary N) is 1. The van der Waals surface area contributed by atoms with Gasteiger partial charge in [0.05, 0.1) is 34.1 Å². The summed E-state index contributed by atoms with van der Waals surface area (Å²) in [5.41, 5.74) is -0.782. The van der Waals surface area contributed by atoms with Gasteiger partial charge in [0.1, 0.15) is 0 Å². The Hall–Kier alpha value is -2.47. The Morgan fingerprint density at radius 3 is 1.97 bits per heavy atom. The largest absolute Gasteiger partial charge is 0.276 e. The van der Waals surface area contributed by atoms with Crippen LogP contribution in [0.3, 0.4) is 0 Å². The molecular formula is C18H13BrF5N3O2S. The predicted octanol–water partition coefficient (Wildman–Crippen LogP) is 4.81. The van der Waals surface area contributed by atoms with Crippen molar-refractivity contribution in [2.24, 2.45) is 0 Å². The van der Waals surface area contributed by atoms with Gasteiger partial charge in [-0.3, -0.25) is 9.40 Å². The number of rotatable bonds is 5. The molecule has 30 heavy (non-hydrogen) atoms. The van der Waals surface area contributed by atoms with Crippen LogP contribution in [0.25, 0.3) is 0 Å². The molecule has 160 valence electrons. The molecule has 0 spiro atoms. The zero-order valence-corrected chi connectivity index (χ0v) is 17.8. The second-order valence-electron chi connectivity index (χ2n) is 6.31. The van der Waals surface area contributed by atoms with E-state index in [2.05, 4.69) is 25.8 Å². The van der Waals surface area contributed by atoms with E-state index in [1.807, 2.05) is 0 Å². The van der Waals surface area contributed by atoms with Crippen molar-refractivity contribution in [2.45, 2.75) is 25.3 Å². The van der Waals surface area contributed by atoms with Crippen LogP contribution in [0.15, 0.2) is 33.6 Å². The van der Waals surface area contributed by atoms with Crippen LogP contribution < -0.4 is 4.72 Å². The van der Waals surface area contributed by atoms with Gasteiger partial charge >= 0.3 is 0 Å². The molecule has 1 heterocycles. The van der Waals surface area contributed by atoms with Crippen LogP contribution in [-0.2, 0) is 16.6 Å². The Morgan fingerprint density at radius 2 is 1.43 bits per heavy atom. The molecule has 0 fully saturated rings. The van der Waals surface area contributed by atoms with E-state index in [4.69, 9.17) is 0 Å². The van der Waals surface area contributed by atoms with Gasteiger partial charge in [-0.25, -0.2) is 30.4 Å². The Bertz CT molecular complexity index is 1210. The maximum absolute atomic E-state index is 14.0. The van der Waals surface area contributed by atoms with Crippen molar-refractivity contribution in [1.29, 1.82) is 0 Å². The van der Waals surface area contributed by atoms with Gasteiger partial charge in [0.15, 0.2) is 23.3 Å². The van der Waals surface area contributed by atoms with Crippen molar-refractivity contribution in [2.75, 3.05) is 4.72 Å². The van der Waals surface area contributed by atoms with Crippen molar-refractivity contribution in [1.82, 2.24) is 9.78 Å². The quantitative estimate of drug-likeness (QED) is 0.305. The van der Waals surface area contributed by atoms with Gasteiger partial charge in [-0.2, -0.15) is 5.10 Å². The van der Waals surface area contributed by atoms with Crippen LogP contribution in [0.5, 0.6) is 0 Å². The first-order valence-corrected chi connectivity index (χ1v) is 10.5. The fourth-order valence-electron chi connectivity index (χ4n) is 2.74. The Kier molecular flexibility index (Phi) is 5.92. The molecule has 12 heteroatoms. The van der Waals surface area contributed by atoms with Crippen LogP contribution in [0.4, 0.5) is 27.6 Å². The van der Waals surface area contributed by atoms with Crippen LogP contribution in [0.1, 0.15) is 17.0 Å². The molecule has 1 N–H and O–H groups in total. The number of hydrogen-bond donors (Lipinski definition) is 1. The zero-order valence-electron chi connectivity index (χ0n) is 15.4. The number of anilines is 1. The van der Waals surface area contributed by atoms with Crippen molar-refractivity contribution >= 4 is 31.6 Å². The minimum atomic E-state index is -4.01. The minimum absolute atomic E-state index is 0.0294. The van der Waals surface area contributed by atoms with E-state index in [1.54, 1.807) is 0 Å². The SMILES string of the molecule is Cc1nn(Cc2c(F)c(F)c(F)c(F)c2F)c(C)c1NS(=O)(=O)c1ccc(Br)cc1. The van der Waals surface area contributed by atoms with Gasteiger partial charge in [0.25, 0.3) is 10.0 Å². The van der Waals surface area contributed by atoms with E-state index in [-0.39, 0.29) is 22.0 Å². The Morgan fingerprint density at radius 1 is 0.933 bits per heavy atom. The number of sulfonamides is 1. The number of hydrogen-bond acceptors (Lipinski definition) is 3. The highest BCUT2D eigenvalue weighted by atomic mass is 79.9. The van der Waals surface area contributed by atoms with Crippen molar-refractivity contribution in [3.05, 3.63) is 74.8 Å². The summed E-state index contributed by atoms with van der Waals surface area (Å²) in [5.74, 6) is -10.3. The molecule has 0 unspecified atom stereocenters. The summed E-state index contributed by atoms with van der Waals surface area (Å²) in [6.45, 7) is 2.03. The standard InChI is InChI=1S/C18H13BrF5N3O2S/c1-8-18(26-30(28,29)11-5-3-10(19)4-6-11)9(2)27(25-8)7-12-13(20)15(22)17(24)16(23)14(12)21/h3-6,26H,7H2,1-2H3. The van der Waals surface area contributed by atoms with E-state index < -0.39 is 51.2 Å². The molecule has 3 aromatic rings. The summed E-state index contributed by atoms with van der Waals surface area (Å²) in [6.07, 6.45) is 0. The molecule has 0 saturated heterocycles. The molecule has 0 aliphatic heterocycles. The molecule has 0 saturated carbocycles. The molecule has 0 amide bonds. The predicted molar refractivity (Wildman–Crippen MR) is 102 cm³/mol. The molecule has 2 aromatic carbocycles. The lowest BCUT2D eigenvalue weighted by molar-refractivity contribution is 0.366. The molecule has 0 bridgehead atoms. The molecule has 3 rings (SSSR count). The monoisotopic (exact) mass is 509 g/mol. The second kappa shape index (κ2) is 7.99. The summed E-state index contributed by atoms with van der Waals surface area (Å²) in [6, 6.07) is 5.77. The lowest BCUT2D eigenvalue weighted by Crippen LogP contribution is -2.15. The minimum Gasteiger partial charge on any atom is -0.276 e. The molecule has 0 aliphatic rings. The highest BCUT2D eigenvalue weighted by molar-refractivity contribution is 9.10. The van der Waals surface area contributed by atoms with Gasteiger partial charge in [0, 0.05) is 4.47 Å². The molecule has 5 nitrogen and oxygen atoms in total. The number of aryl methyl sites for hydroxylation is 1. The summed E-state index contributed by atoms with van der Waals surface area (Å²) in [7, 11) is -4.01.